The molecule has 31 heavy (non-hydrogen) atoms. The minimum absolute atomic E-state index is 0.120. The van der Waals surface area contributed by atoms with Crippen molar-refractivity contribution in [2.75, 3.05) is 11.9 Å². The molecule has 1 aromatic heterocycles. The molecule has 0 atom stereocenters. The van der Waals surface area contributed by atoms with Crippen LogP contribution in [0.5, 0.6) is 0 Å². The second-order valence-electron chi connectivity index (χ2n) is 6.34. The second kappa shape index (κ2) is 9.44. The lowest BCUT2D eigenvalue weighted by Crippen LogP contribution is -2.29. The van der Waals surface area contributed by atoms with Crippen molar-refractivity contribution in [1.29, 1.82) is 0 Å². The monoisotopic (exact) mass is 422 g/mol. The number of carbonyl (C=O) groups excluding carboxylic acids is 2. The Morgan fingerprint density at radius 1 is 1.13 bits per heavy atom. The summed E-state index contributed by atoms with van der Waals surface area (Å²) in [6.45, 7) is 1.44. The van der Waals surface area contributed by atoms with Crippen molar-refractivity contribution in [1.82, 2.24) is 9.78 Å². The van der Waals surface area contributed by atoms with Gasteiger partial charge in [0.25, 0.3) is 11.2 Å². The van der Waals surface area contributed by atoms with Gasteiger partial charge in [-0.3, -0.25) is 19.7 Å². The highest BCUT2D eigenvalue weighted by atomic mass is 16.6. The molecule has 2 aromatic carbocycles. The number of non-ortho nitro benzene ring substituents is 1. The van der Waals surface area contributed by atoms with Crippen molar-refractivity contribution in [2.45, 2.75) is 13.5 Å². The first kappa shape index (κ1) is 21.4. The van der Waals surface area contributed by atoms with Gasteiger partial charge in [0, 0.05) is 23.8 Å². The largest absolute Gasteiger partial charge is 0.462 e. The van der Waals surface area contributed by atoms with Crippen LogP contribution < -0.4 is 10.9 Å². The number of hydrogen-bond acceptors (Lipinski definition) is 7. The first-order chi connectivity index (χ1) is 14.9. The van der Waals surface area contributed by atoms with Crippen LogP contribution >= 0.6 is 0 Å². The van der Waals surface area contributed by atoms with E-state index in [1.807, 2.05) is 0 Å². The van der Waals surface area contributed by atoms with Crippen LogP contribution in [-0.2, 0) is 16.1 Å². The number of esters is 1. The molecule has 0 radical (unpaired) electrons. The van der Waals surface area contributed by atoms with Gasteiger partial charge in [-0.05, 0) is 25.1 Å². The average molecular weight is 422 g/mol. The molecule has 1 heterocycles. The number of para-hydroxylation sites is 1. The maximum Gasteiger partial charge on any atom is 0.340 e. The zero-order valence-corrected chi connectivity index (χ0v) is 16.5. The van der Waals surface area contributed by atoms with E-state index in [0.717, 1.165) is 4.68 Å². The predicted molar refractivity (Wildman–Crippen MR) is 112 cm³/mol. The van der Waals surface area contributed by atoms with E-state index in [-0.39, 0.29) is 23.5 Å². The third-order valence-corrected chi connectivity index (χ3v) is 4.21. The molecule has 0 aliphatic carbocycles. The summed E-state index contributed by atoms with van der Waals surface area (Å²) < 4.78 is 5.91. The minimum atomic E-state index is -0.582. The normalized spacial score (nSPS) is 10.4. The molecule has 0 aliphatic rings. The molecule has 0 spiro atoms. The standard InChI is InChI=1S/C21H18N4O6/c1-2-31-21(28)16-8-3-4-9-18(16)22-19(26)13-24-20(27)11-10-17(23-24)14-6-5-7-15(12-14)25(29)30/h3-12H,2,13H2,1H3,(H,22,26). The van der Waals surface area contributed by atoms with E-state index in [4.69, 9.17) is 4.74 Å². The lowest BCUT2D eigenvalue weighted by atomic mass is 10.1. The number of nitro groups is 1. The van der Waals surface area contributed by atoms with Crippen LogP contribution in [0, 0.1) is 10.1 Å². The lowest BCUT2D eigenvalue weighted by molar-refractivity contribution is -0.384. The van der Waals surface area contributed by atoms with Crippen LogP contribution in [0.15, 0.2) is 65.5 Å². The topological polar surface area (TPSA) is 133 Å². The molecular weight excluding hydrogens is 404 g/mol. The number of ether oxygens (including phenoxy) is 1. The molecule has 0 saturated carbocycles. The van der Waals surface area contributed by atoms with Gasteiger partial charge < -0.3 is 10.1 Å². The van der Waals surface area contributed by atoms with Crippen molar-refractivity contribution in [3.8, 4) is 11.3 Å². The Labute approximate surface area is 176 Å². The van der Waals surface area contributed by atoms with Crippen molar-refractivity contribution in [2.24, 2.45) is 0 Å². The van der Waals surface area contributed by atoms with E-state index in [2.05, 4.69) is 10.4 Å². The number of aromatic nitrogens is 2. The SMILES string of the molecule is CCOC(=O)c1ccccc1NC(=O)Cn1nc(-c2cccc([N+](=O)[O-])c2)ccc1=O. The summed E-state index contributed by atoms with van der Waals surface area (Å²) in [5, 5.41) is 17.7. The van der Waals surface area contributed by atoms with Gasteiger partial charge in [0.05, 0.1) is 28.5 Å². The fraction of sp³-hybridized carbons (Fsp3) is 0.143. The van der Waals surface area contributed by atoms with Crippen LogP contribution in [0.25, 0.3) is 11.3 Å². The third kappa shape index (κ3) is 5.18. The third-order valence-electron chi connectivity index (χ3n) is 4.21. The fourth-order valence-corrected chi connectivity index (χ4v) is 2.80. The van der Waals surface area contributed by atoms with Crippen LogP contribution in [-0.4, -0.2) is 33.2 Å². The van der Waals surface area contributed by atoms with E-state index >= 15 is 0 Å². The molecule has 1 amide bonds. The zero-order chi connectivity index (χ0) is 22.4. The summed E-state index contributed by atoms with van der Waals surface area (Å²) >= 11 is 0. The number of nitrogens with zero attached hydrogens (tertiary/aromatic N) is 3. The number of benzene rings is 2. The molecular formula is C21H18N4O6. The molecule has 0 aliphatic heterocycles. The Morgan fingerprint density at radius 3 is 2.65 bits per heavy atom. The first-order valence-electron chi connectivity index (χ1n) is 9.28. The summed E-state index contributed by atoms with van der Waals surface area (Å²) in [6, 6.07) is 14.8. The molecule has 0 bridgehead atoms. The van der Waals surface area contributed by atoms with Crippen molar-refractivity contribution in [3.05, 3.63) is 86.7 Å². The molecule has 10 nitrogen and oxygen atoms in total. The summed E-state index contributed by atoms with van der Waals surface area (Å²) in [6.07, 6.45) is 0. The van der Waals surface area contributed by atoms with Crippen LogP contribution in [0.2, 0.25) is 0 Å². The van der Waals surface area contributed by atoms with Crippen LogP contribution in [0.4, 0.5) is 11.4 Å². The smallest absolute Gasteiger partial charge is 0.340 e. The maximum atomic E-state index is 12.5. The van der Waals surface area contributed by atoms with Gasteiger partial charge in [0.15, 0.2) is 0 Å². The van der Waals surface area contributed by atoms with E-state index < -0.39 is 28.9 Å². The molecule has 0 fully saturated rings. The van der Waals surface area contributed by atoms with Crippen LogP contribution in [0.3, 0.4) is 0 Å². The quantitative estimate of drug-likeness (QED) is 0.351. The molecule has 0 unspecified atom stereocenters. The Bertz CT molecular complexity index is 1200. The number of nitro benzene ring substituents is 1. The molecule has 158 valence electrons. The van der Waals surface area contributed by atoms with Gasteiger partial charge in [0.2, 0.25) is 5.91 Å². The molecule has 3 aromatic rings. The molecule has 3 rings (SSSR count). The molecule has 10 heteroatoms. The van der Waals surface area contributed by atoms with Gasteiger partial charge in [-0.1, -0.05) is 24.3 Å². The zero-order valence-electron chi connectivity index (χ0n) is 16.5. The first-order valence-corrected chi connectivity index (χ1v) is 9.28. The van der Waals surface area contributed by atoms with Gasteiger partial charge in [-0.2, -0.15) is 5.10 Å². The van der Waals surface area contributed by atoms with E-state index in [1.54, 1.807) is 31.2 Å². The fourth-order valence-electron chi connectivity index (χ4n) is 2.80. The van der Waals surface area contributed by atoms with Gasteiger partial charge in [-0.25, -0.2) is 9.48 Å². The Morgan fingerprint density at radius 2 is 1.90 bits per heavy atom. The van der Waals surface area contributed by atoms with Crippen LogP contribution in [0.1, 0.15) is 17.3 Å². The molecule has 1 N–H and O–H groups in total. The number of nitrogens with one attached hydrogen (secondary N) is 1. The predicted octanol–water partition coefficient (Wildman–Crippen LogP) is 2.63. The minimum Gasteiger partial charge on any atom is -0.462 e. The Hall–Kier alpha value is -4.34. The summed E-state index contributed by atoms with van der Waals surface area (Å²) in [7, 11) is 0. The second-order valence-corrected chi connectivity index (χ2v) is 6.34. The van der Waals surface area contributed by atoms with Crippen molar-refractivity contribution in [3.63, 3.8) is 0 Å². The van der Waals surface area contributed by atoms with E-state index in [0.29, 0.717) is 11.3 Å². The Kier molecular flexibility index (Phi) is 6.51. The summed E-state index contributed by atoms with van der Waals surface area (Å²) in [4.78, 5) is 47.2. The molecule has 0 saturated heterocycles. The van der Waals surface area contributed by atoms with E-state index in [1.165, 1.54) is 36.4 Å². The van der Waals surface area contributed by atoms with E-state index in [9.17, 15) is 24.5 Å². The maximum absolute atomic E-state index is 12.5. The van der Waals surface area contributed by atoms with Gasteiger partial charge >= 0.3 is 5.97 Å². The lowest BCUT2D eigenvalue weighted by Gasteiger charge is -2.11. The average Bonchev–Trinajstić information content (AvgIpc) is 2.76. The highest BCUT2D eigenvalue weighted by molar-refractivity contribution is 6.01. The summed E-state index contributed by atoms with van der Waals surface area (Å²) in [5.41, 5.74) is 0.504. The number of anilines is 1. The van der Waals surface area contributed by atoms with Gasteiger partial charge in [0.1, 0.15) is 6.54 Å². The number of amides is 1. The van der Waals surface area contributed by atoms with Gasteiger partial charge in [-0.15, -0.1) is 0 Å². The highest BCUT2D eigenvalue weighted by Crippen LogP contribution is 2.21. The van der Waals surface area contributed by atoms with Crippen molar-refractivity contribution < 1.29 is 19.2 Å². The number of rotatable bonds is 7. The Balaban J connectivity index is 1.82. The van der Waals surface area contributed by atoms with Crippen molar-refractivity contribution >= 4 is 23.3 Å². The highest BCUT2D eigenvalue weighted by Gasteiger charge is 2.15. The number of carbonyl (C=O) groups is 2. The number of hydrogen-bond donors (Lipinski definition) is 1. The summed E-state index contributed by atoms with van der Waals surface area (Å²) in [5.74, 6) is -1.16.